The summed E-state index contributed by atoms with van der Waals surface area (Å²) in [7, 11) is 0. The summed E-state index contributed by atoms with van der Waals surface area (Å²) in [5, 5.41) is 17.8. The summed E-state index contributed by atoms with van der Waals surface area (Å²) in [6, 6.07) is 0. The molecule has 2 nitrogen and oxygen atoms in total. The van der Waals surface area contributed by atoms with Crippen molar-refractivity contribution < 1.29 is 10.2 Å². The molecule has 0 heterocycles. The Bertz CT molecular complexity index is 160. The number of hydrogen-bond donors (Lipinski definition) is 2. The first-order valence-electron chi connectivity index (χ1n) is 3.55. The van der Waals surface area contributed by atoms with Gasteiger partial charge in [-0.1, -0.05) is 5.92 Å². The van der Waals surface area contributed by atoms with Gasteiger partial charge in [0.25, 0.3) is 0 Å². The molecule has 0 amide bonds. The van der Waals surface area contributed by atoms with Crippen LogP contribution in [0.2, 0.25) is 0 Å². The van der Waals surface area contributed by atoms with E-state index in [1.165, 1.54) is 0 Å². The average Bonchev–Trinajstić information content (AvgIpc) is 2.06. The summed E-state index contributed by atoms with van der Waals surface area (Å²) in [6.45, 7) is -0.0347. The Kier molecular flexibility index (Phi) is 2.31. The van der Waals surface area contributed by atoms with Gasteiger partial charge in [0.2, 0.25) is 0 Å². The van der Waals surface area contributed by atoms with Gasteiger partial charge in [-0.15, -0.1) is 5.92 Å². The first kappa shape index (κ1) is 7.59. The Balaban J connectivity index is 2.68. The summed E-state index contributed by atoms with van der Waals surface area (Å²) >= 11 is 0. The van der Waals surface area contributed by atoms with Crippen LogP contribution in [0.1, 0.15) is 19.3 Å². The topological polar surface area (TPSA) is 40.5 Å². The average molecular weight is 140 g/mol. The van der Waals surface area contributed by atoms with Crippen molar-refractivity contribution in [2.24, 2.45) is 5.41 Å². The fraction of sp³-hybridized carbons (Fsp3) is 0.750. The van der Waals surface area contributed by atoms with Gasteiger partial charge >= 0.3 is 0 Å². The third-order valence-corrected chi connectivity index (χ3v) is 1.92. The zero-order valence-electron chi connectivity index (χ0n) is 5.93. The van der Waals surface area contributed by atoms with Gasteiger partial charge in [-0.05, 0) is 12.8 Å². The van der Waals surface area contributed by atoms with E-state index in [0.29, 0.717) is 0 Å². The van der Waals surface area contributed by atoms with Gasteiger partial charge in [-0.3, -0.25) is 0 Å². The minimum atomic E-state index is -0.488. The standard InChI is InChI=1S/C8H12O2/c9-6-8(7-10)4-2-1-3-5-8/h9-10H,1-2,4,6-7H2. The second-order valence-corrected chi connectivity index (χ2v) is 2.75. The SMILES string of the molecule is OCC1(CO)C#CCCC1. The van der Waals surface area contributed by atoms with E-state index in [1.807, 2.05) is 0 Å². The van der Waals surface area contributed by atoms with E-state index in [2.05, 4.69) is 11.8 Å². The lowest BCUT2D eigenvalue weighted by Gasteiger charge is -2.25. The fourth-order valence-corrected chi connectivity index (χ4v) is 1.11. The Labute approximate surface area is 60.9 Å². The minimum Gasteiger partial charge on any atom is -0.395 e. The lowest BCUT2D eigenvalue weighted by atomic mass is 9.82. The molecular weight excluding hydrogens is 128 g/mol. The van der Waals surface area contributed by atoms with Gasteiger partial charge in [0.05, 0.1) is 18.6 Å². The summed E-state index contributed by atoms with van der Waals surface area (Å²) in [5.41, 5.74) is -0.488. The molecule has 10 heavy (non-hydrogen) atoms. The Hall–Kier alpha value is -0.520. The lowest BCUT2D eigenvalue weighted by Crippen LogP contribution is -2.29. The predicted octanol–water partition coefficient (Wildman–Crippen LogP) is 0.145. The van der Waals surface area contributed by atoms with E-state index < -0.39 is 5.41 Å². The van der Waals surface area contributed by atoms with E-state index in [1.54, 1.807) is 0 Å². The maximum absolute atomic E-state index is 8.88. The van der Waals surface area contributed by atoms with Crippen molar-refractivity contribution in [2.45, 2.75) is 19.3 Å². The second kappa shape index (κ2) is 3.05. The molecule has 0 aromatic heterocycles. The van der Waals surface area contributed by atoms with Crippen molar-refractivity contribution >= 4 is 0 Å². The molecule has 0 bridgehead atoms. The van der Waals surface area contributed by atoms with Crippen LogP contribution in [-0.4, -0.2) is 23.4 Å². The monoisotopic (exact) mass is 140 g/mol. The molecule has 1 aliphatic carbocycles. The highest BCUT2D eigenvalue weighted by molar-refractivity contribution is 5.15. The molecule has 0 aromatic rings. The molecular formula is C8H12O2. The highest BCUT2D eigenvalue weighted by Crippen LogP contribution is 2.25. The molecule has 56 valence electrons. The molecule has 1 aliphatic rings. The normalized spacial score (nSPS) is 21.4. The first-order chi connectivity index (χ1) is 4.83. The number of aliphatic hydroxyl groups is 2. The lowest BCUT2D eigenvalue weighted by molar-refractivity contribution is 0.0904. The summed E-state index contributed by atoms with van der Waals surface area (Å²) in [4.78, 5) is 0. The van der Waals surface area contributed by atoms with Gasteiger partial charge in [-0.2, -0.15) is 0 Å². The molecule has 1 rings (SSSR count). The minimum absolute atomic E-state index is 0.0174. The number of aliphatic hydroxyl groups excluding tert-OH is 2. The number of hydrogen-bond acceptors (Lipinski definition) is 2. The van der Waals surface area contributed by atoms with E-state index in [9.17, 15) is 0 Å². The molecule has 0 atom stereocenters. The molecule has 2 N–H and O–H groups in total. The van der Waals surface area contributed by atoms with Crippen LogP contribution in [0.25, 0.3) is 0 Å². The van der Waals surface area contributed by atoms with Gasteiger partial charge in [0.15, 0.2) is 0 Å². The molecule has 0 spiro atoms. The smallest absolute Gasteiger partial charge is 0.0775 e. The molecule has 0 saturated heterocycles. The van der Waals surface area contributed by atoms with E-state index >= 15 is 0 Å². The van der Waals surface area contributed by atoms with E-state index in [4.69, 9.17) is 10.2 Å². The summed E-state index contributed by atoms with van der Waals surface area (Å²) in [5.74, 6) is 5.79. The molecule has 2 heteroatoms. The Morgan fingerprint density at radius 2 is 2.00 bits per heavy atom. The Morgan fingerprint density at radius 1 is 1.30 bits per heavy atom. The highest BCUT2D eigenvalue weighted by Gasteiger charge is 2.26. The van der Waals surface area contributed by atoms with E-state index in [-0.39, 0.29) is 13.2 Å². The van der Waals surface area contributed by atoms with Gasteiger partial charge in [0.1, 0.15) is 0 Å². The van der Waals surface area contributed by atoms with Crippen molar-refractivity contribution in [3.05, 3.63) is 0 Å². The second-order valence-electron chi connectivity index (χ2n) is 2.75. The van der Waals surface area contributed by atoms with Crippen molar-refractivity contribution in [3.8, 4) is 11.8 Å². The van der Waals surface area contributed by atoms with Crippen LogP contribution in [0.15, 0.2) is 0 Å². The van der Waals surface area contributed by atoms with Crippen molar-refractivity contribution in [3.63, 3.8) is 0 Å². The molecule has 0 unspecified atom stereocenters. The van der Waals surface area contributed by atoms with Crippen LogP contribution in [0.3, 0.4) is 0 Å². The molecule has 0 saturated carbocycles. The van der Waals surface area contributed by atoms with Crippen LogP contribution in [0.5, 0.6) is 0 Å². The van der Waals surface area contributed by atoms with Crippen molar-refractivity contribution in [2.75, 3.05) is 13.2 Å². The molecule has 0 fully saturated rings. The largest absolute Gasteiger partial charge is 0.395 e. The van der Waals surface area contributed by atoms with Crippen molar-refractivity contribution in [1.82, 2.24) is 0 Å². The molecule has 0 aromatic carbocycles. The Morgan fingerprint density at radius 3 is 2.30 bits per heavy atom. The van der Waals surface area contributed by atoms with Crippen LogP contribution < -0.4 is 0 Å². The quantitative estimate of drug-likeness (QED) is 0.536. The van der Waals surface area contributed by atoms with Gasteiger partial charge in [0, 0.05) is 6.42 Å². The zero-order chi connectivity index (χ0) is 7.45. The van der Waals surface area contributed by atoms with Crippen molar-refractivity contribution in [1.29, 1.82) is 0 Å². The third-order valence-electron chi connectivity index (χ3n) is 1.92. The van der Waals surface area contributed by atoms with Gasteiger partial charge in [-0.25, -0.2) is 0 Å². The summed E-state index contributed by atoms with van der Waals surface area (Å²) in [6.07, 6.45) is 2.73. The zero-order valence-corrected chi connectivity index (χ0v) is 5.93. The molecule has 0 radical (unpaired) electrons. The van der Waals surface area contributed by atoms with Crippen LogP contribution in [0.4, 0.5) is 0 Å². The fourth-order valence-electron chi connectivity index (χ4n) is 1.11. The number of rotatable bonds is 2. The van der Waals surface area contributed by atoms with Gasteiger partial charge < -0.3 is 10.2 Å². The van der Waals surface area contributed by atoms with Crippen LogP contribution in [-0.2, 0) is 0 Å². The highest BCUT2D eigenvalue weighted by atomic mass is 16.3. The molecule has 0 aliphatic heterocycles. The summed E-state index contributed by atoms with van der Waals surface area (Å²) < 4.78 is 0. The third kappa shape index (κ3) is 1.31. The maximum Gasteiger partial charge on any atom is 0.0775 e. The van der Waals surface area contributed by atoms with Crippen LogP contribution >= 0.6 is 0 Å². The first-order valence-corrected chi connectivity index (χ1v) is 3.55. The maximum atomic E-state index is 8.88. The predicted molar refractivity (Wildman–Crippen MR) is 38.2 cm³/mol. The van der Waals surface area contributed by atoms with E-state index in [0.717, 1.165) is 19.3 Å². The van der Waals surface area contributed by atoms with Crippen LogP contribution in [0, 0.1) is 17.3 Å².